The Morgan fingerprint density at radius 1 is 1.35 bits per heavy atom. The van der Waals surface area contributed by atoms with E-state index in [4.69, 9.17) is 10.5 Å². The summed E-state index contributed by atoms with van der Waals surface area (Å²) in [5.74, 6) is -0.642. The molecule has 0 radical (unpaired) electrons. The summed E-state index contributed by atoms with van der Waals surface area (Å²) in [4.78, 5) is 12.0. The molecular weight excluding hydrogens is 327 g/mol. The molecule has 0 heterocycles. The summed E-state index contributed by atoms with van der Waals surface area (Å²) in [6, 6.07) is 9.32. The quantitative estimate of drug-likeness (QED) is 0.842. The second kappa shape index (κ2) is 5.92. The van der Waals surface area contributed by atoms with Crippen molar-refractivity contribution in [2.24, 2.45) is 0 Å². The molecule has 104 valence electrons. The highest BCUT2D eigenvalue weighted by atomic mass is 79.9. The number of carbonyl (C=O) groups is 1. The second-order valence-electron chi connectivity index (χ2n) is 4.01. The number of rotatable bonds is 3. The van der Waals surface area contributed by atoms with E-state index in [1.54, 1.807) is 24.3 Å². The summed E-state index contributed by atoms with van der Waals surface area (Å²) in [5, 5.41) is 2.58. The zero-order chi connectivity index (χ0) is 14.7. The minimum Gasteiger partial charge on any atom is -0.495 e. The molecule has 20 heavy (non-hydrogen) atoms. The number of amides is 1. The van der Waals surface area contributed by atoms with Crippen molar-refractivity contribution in [3.8, 4) is 5.75 Å². The number of anilines is 2. The van der Waals surface area contributed by atoms with Crippen LogP contribution in [0.1, 0.15) is 10.4 Å². The zero-order valence-electron chi connectivity index (χ0n) is 10.6. The van der Waals surface area contributed by atoms with Gasteiger partial charge < -0.3 is 15.8 Å². The van der Waals surface area contributed by atoms with Crippen LogP contribution in [0.5, 0.6) is 5.75 Å². The molecule has 0 bridgehead atoms. The number of nitrogens with one attached hydrogen (secondary N) is 1. The molecule has 0 fully saturated rings. The van der Waals surface area contributed by atoms with E-state index in [2.05, 4.69) is 21.2 Å². The average molecular weight is 339 g/mol. The number of methoxy groups -OCH3 is 1. The number of ether oxygens (including phenoxy) is 1. The fourth-order valence-electron chi connectivity index (χ4n) is 1.69. The highest BCUT2D eigenvalue weighted by Gasteiger charge is 2.14. The maximum absolute atomic E-state index is 13.8. The van der Waals surface area contributed by atoms with Crippen LogP contribution in [0, 0.1) is 5.82 Å². The Kier molecular flexibility index (Phi) is 4.24. The molecule has 2 rings (SSSR count). The van der Waals surface area contributed by atoms with Crippen LogP contribution < -0.4 is 15.8 Å². The molecular formula is C14H12BrFN2O2. The molecule has 6 heteroatoms. The Labute approximate surface area is 123 Å². The predicted molar refractivity (Wildman–Crippen MR) is 79.5 cm³/mol. The summed E-state index contributed by atoms with van der Waals surface area (Å²) >= 11 is 3.04. The molecule has 2 aromatic carbocycles. The maximum atomic E-state index is 13.8. The van der Waals surface area contributed by atoms with Gasteiger partial charge in [0, 0.05) is 5.69 Å². The van der Waals surface area contributed by atoms with Gasteiger partial charge in [-0.2, -0.15) is 0 Å². The summed E-state index contributed by atoms with van der Waals surface area (Å²) in [6.07, 6.45) is 0. The van der Waals surface area contributed by atoms with Gasteiger partial charge >= 0.3 is 0 Å². The van der Waals surface area contributed by atoms with Gasteiger partial charge in [0.25, 0.3) is 5.91 Å². The van der Waals surface area contributed by atoms with Gasteiger partial charge in [0.1, 0.15) is 11.6 Å². The Morgan fingerprint density at radius 2 is 2.10 bits per heavy atom. The number of nitrogen functional groups attached to an aromatic ring is 1. The fourth-order valence-corrected chi connectivity index (χ4v) is 2.06. The number of hydrogen-bond donors (Lipinski definition) is 2. The largest absolute Gasteiger partial charge is 0.495 e. The average Bonchev–Trinajstić information content (AvgIpc) is 2.42. The van der Waals surface area contributed by atoms with Crippen molar-refractivity contribution in [3.63, 3.8) is 0 Å². The first-order chi connectivity index (χ1) is 9.52. The lowest BCUT2D eigenvalue weighted by molar-refractivity contribution is 0.102. The van der Waals surface area contributed by atoms with Crippen molar-refractivity contribution < 1.29 is 13.9 Å². The van der Waals surface area contributed by atoms with E-state index in [9.17, 15) is 9.18 Å². The monoisotopic (exact) mass is 338 g/mol. The van der Waals surface area contributed by atoms with Gasteiger partial charge in [0.05, 0.1) is 22.8 Å². The summed E-state index contributed by atoms with van der Waals surface area (Å²) in [7, 11) is 1.50. The first kappa shape index (κ1) is 14.3. The Hall–Kier alpha value is -2.08. The predicted octanol–water partition coefficient (Wildman–Crippen LogP) is 3.43. The number of carbonyl (C=O) groups excluding carboxylic acids is 1. The standard InChI is InChI=1S/C14H12BrFN2O2/c1-20-12-6-5-8(7-11(12)17)18-14(19)9-3-2-4-10(15)13(9)16/h2-7H,17H2,1H3,(H,18,19). The van der Waals surface area contributed by atoms with Crippen LogP contribution in [-0.2, 0) is 0 Å². The van der Waals surface area contributed by atoms with Gasteiger partial charge in [0.2, 0.25) is 0 Å². The molecule has 0 atom stereocenters. The molecule has 1 amide bonds. The molecule has 0 aliphatic heterocycles. The van der Waals surface area contributed by atoms with Crippen molar-refractivity contribution in [3.05, 3.63) is 52.3 Å². The molecule has 0 saturated carbocycles. The topological polar surface area (TPSA) is 64.3 Å². The third kappa shape index (κ3) is 2.91. The molecule has 0 unspecified atom stereocenters. The Balaban J connectivity index is 2.24. The van der Waals surface area contributed by atoms with Crippen molar-refractivity contribution in [1.82, 2.24) is 0 Å². The van der Waals surface area contributed by atoms with Gasteiger partial charge in [-0.3, -0.25) is 4.79 Å². The summed E-state index contributed by atoms with van der Waals surface area (Å²) in [5.41, 5.74) is 6.55. The van der Waals surface area contributed by atoms with E-state index in [0.29, 0.717) is 17.1 Å². The molecule has 0 aromatic heterocycles. The van der Waals surface area contributed by atoms with Gasteiger partial charge in [-0.15, -0.1) is 0 Å². The van der Waals surface area contributed by atoms with Crippen molar-refractivity contribution >= 4 is 33.2 Å². The first-order valence-electron chi connectivity index (χ1n) is 5.72. The van der Waals surface area contributed by atoms with Crippen LogP contribution in [0.25, 0.3) is 0 Å². The van der Waals surface area contributed by atoms with E-state index in [0.717, 1.165) is 0 Å². The SMILES string of the molecule is COc1ccc(NC(=O)c2cccc(Br)c2F)cc1N. The van der Waals surface area contributed by atoms with Crippen LogP contribution in [0.4, 0.5) is 15.8 Å². The van der Waals surface area contributed by atoms with E-state index in [1.807, 2.05) is 0 Å². The van der Waals surface area contributed by atoms with Crippen molar-refractivity contribution in [2.75, 3.05) is 18.2 Å². The maximum Gasteiger partial charge on any atom is 0.258 e. The lowest BCUT2D eigenvalue weighted by Gasteiger charge is -2.09. The highest BCUT2D eigenvalue weighted by Crippen LogP contribution is 2.25. The van der Waals surface area contributed by atoms with E-state index in [1.165, 1.54) is 19.2 Å². The fraction of sp³-hybridized carbons (Fsp3) is 0.0714. The molecule has 3 N–H and O–H groups in total. The van der Waals surface area contributed by atoms with Crippen LogP contribution in [-0.4, -0.2) is 13.0 Å². The normalized spacial score (nSPS) is 10.2. The number of nitrogens with two attached hydrogens (primary N) is 1. The van der Waals surface area contributed by atoms with Crippen LogP contribution >= 0.6 is 15.9 Å². The molecule has 0 aliphatic carbocycles. The minimum atomic E-state index is -0.605. The minimum absolute atomic E-state index is 0.0474. The Morgan fingerprint density at radius 3 is 2.75 bits per heavy atom. The number of hydrogen-bond acceptors (Lipinski definition) is 3. The van der Waals surface area contributed by atoms with Crippen LogP contribution in [0.3, 0.4) is 0 Å². The van der Waals surface area contributed by atoms with E-state index >= 15 is 0 Å². The molecule has 0 aliphatic rings. The molecule has 2 aromatic rings. The smallest absolute Gasteiger partial charge is 0.258 e. The van der Waals surface area contributed by atoms with Gasteiger partial charge in [-0.05, 0) is 46.3 Å². The lowest BCUT2D eigenvalue weighted by atomic mass is 10.2. The van der Waals surface area contributed by atoms with E-state index < -0.39 is 11.7 Å². The Bertz CT molecular complexity index is 662. The second-order valence-corrected chi connectivity index (χ2v) is 4.87. The van der Waals surface area contributed by atoms with Gasteiger partial charge in [-0.1, -0.05) is 6.07 Å². The molecule has 0 spiro atoms. The van der Waals surface area contributed by atoms with Crippen molar-refractivity contribution in [1.29, 1.82) is 0 Å². The third-order valence-electron chi connectivity index (χ3n) is 2.68. The molecule has 4 nitrogen and oxygen atoms in total. The third-order valence-corrected chi connectivity index (χ3v) is 3.30. The highest BCUT2D eigenvalue weighted by molar-refractivity contribution is 9.10. The van der Waals surface area contributed by atoms with Crippen LogP contribution in [0.15, 0.2) is 40.9 Å². The summed E-state index contributed by atoms with van der Waals surface area (Å²) in [6.45, 7) is 0. The van der Waals surface area contributed by atoms with Crippen LogP contribution in [0.2, 0.25) is 0 Å². The summed E-state index contributed by atoms with van der Waals surface area (Å²) < 4.78 is 19.1. The zero-order valence-corrected chi connectivity index (χ0v) is 12.2. The molecule has 0 saturated heterocycles. The first-order valence-corrected chi connectivity index (χ1v) is 6.51. The number of halogens is 2. The van der Waals surface area contributed by atoms with Gasteiger partial charge in [-0.25, -0.2) is 4.39 Å². The van der Waals surface area contributed by atoms with Crippen molar-refractivity contribution in [2.45, 2.75) is 0 Å². The van der Waals surface area contributed by atoms with Gasteiger partial charge in [0.15, 0.2) is 0 Å². The number of benzene rings is 2. The van der Waals surface area contributed by atoms with E-state index in [-0.39, 0.29) is 10.0 Å². The lowest BCUT2D eigenvalue weighted by Crippen LogP contribution is -2.14.